The number of hydrogen-bond donors (Lipinski definition) is 2. The number of aryl methyl sites for hydroxylation is 1. The molecule has 1 saturated carbocycles. The molecule has 0 atom stereocenters. The summed E-state index contributed by atoms with van der Waals surface area (Å²) in [6, 6.07) is 0.393. The molecule has 0 spiro atoms. The van der Waals surface area contributed by atoms with Crippen LogP contribution in [0.25, 0.3) is 0 Å². The fourth-order valence-corrected chi connectivity index (χ4v) is 3.18. The third-order valence-corrected chi connectivity index (χ3v) is 4.33. The van der Waals surface area contributed by atoms with Crippen LogP contribution < -0.4 is 11.1 Å². The van der Waals surface area contributed by atoms with Gasteiger partial charge >= 0.3 is 0 Å². The summed E-state index contributed by atoms with van der Waals surface area (Å²) in [6.07, 6.45) is 5.17. The van der Waals surface area contributed by atoms with Crippen molar-refractivity contribution >= 4 is 17.2 Å². The number of hydrogen-bond acceptors (Lipinski definition) is 4. The molecule has 3 N–H and O–H groups in total. The number of thiazole rings is 1. The highest BCUT2D eigenvalue weighted by Crippen LogP contribution is 2.20. The third-order valence-electron chi connectivity index (χ3n) is 3.15. The first-order valence-electron chi connectivity index (χ1n) is 6.13. The maximum atomic E-state index is 11.9. The Morgan fingerprint density at radius 3 is 2.82 bits per heavy atom. The summed E-state index contributed by atoms with van der Waals surface area (Å²) in [5, 5.41) is 4.00. The zero-order valence-corrected chi connectivity index (χ0v) is 11.0. The molecule has 1 aliphatic rings. The highest BCUT2D eigenvalue weighted by Gasteiger charge is 2.18. The van der Waals surface area contributed by atoms with Crippen molar-refractivity contribution in [3.05, 3.63) is 15.6 Å². The van der Waals surface area contributed by atoms with Gasteiger partial charge in [-0.25, -0.2) is 4.98 Å². The monoisotopic (exact) mass is 253 g/mol. The van der Waals surface area contributed by atoms with Gasteiger partial charge < -0.3 is 11.1 Å². The normalized spacial score (nSPS) is 16.4. The van der Waals surface area contributed by atoms with Crippen molar-refractivity contribution < 1.29 is 4.79 Å². The maximum absolute atomic E-state index is 11.9. The molecule has 0 saturated heterocycles. The summed E-state index contributed by atoms with van der Waals surface area (Å²) in [4.78, 5) is 17.2. The summed E-state index contributed by atoms with van der Waals surface area (Å²) in [5.74, 6) is 0.118. The van der Waals surface area contributed by atoms with Gasteiger partial charge in [-0.1, -0.05) is 12.8 Å². The third kappa shape index (κ3) is 3.26. The molecule has 1 heterocycles. The van der Waals surface area contributed by atoms with Crippen LogP contribution in [0.3, 0.4) is 0 Å². The molecule has 5 heteroatoms. The van der Waals surface area contributed by atoms with Crippen molar-refractivity contribution in [1.29, 1.82) is 0 Å². The van der Waals surface area contributed by atoms with Crippen LogP contribution in [0.4, 0.5) is 0 Å². The largest absolute Gasteiger partial charge is 0.353 e. The Balaban J connectivity index is 1.90. The number of rotatable bonds is 4. The van der Waals surface area contributed by atoms with E-state index in [9.17, 15) is 4.79 Å². The van der Waals surface area contributed by atoms with E-state index in [1.54, 1.807) is 11.3 Å². The minimum atomic E-state index is 0.118. The molecule has 94 valence electrons. The van der Waals surface area contributed by atoms with E-state index in [-0.39, 0.29) is 5.91 Å². The van der Waals surface area contributed by atoms with Crippen molar-refractivity contribution in [2.75, 3.05) is 0 Å². The minimum Gasteiger partial charge on any atom is -0.353 e. The molecule has 0 radical (unpaired) electrons. The van der Waals surface area contributed by atoms with Crippen LogP contribution >= 0.6 is 11.3 Å². The van der Waals surface area contributed by atoms with Crippen LogP contribution in [0.15, 0.2) is 0 Å². The van der Waals surface area contributed by atoms with E-state index < -0.39 is 0 Å². The first-order chi connectivity index (χ1) is 8.19. The Kier molecular flexibility index (Phi) is 4.12. The molecule has 0 aromatic carbocycles. The second kappa shape index (κ2) is 5.60. The first kappa shape index (κ1) is 12.5. The lowest BCUT2D eigenvalue weighted by molar-refractivity contribution is -0.121. The quantitative estimate of drug-likeness (QED) is 0.854. The number of aromatic nitrogens is 1. The van der Waals surface area contributed by atoms with Gasteiger partial charge in [0.1, 0.15) is 5.01 Å². The van der Waals surface area contributed by atoms with Crippen LogP contribution in [0.5, 0.6) is 0 Å². The minimum absolute atomic E-state index is 0.118. The maximum Gasteiger partial charge on any atom is 0.225 e. The first-order valence-corrected chi connectivity index (χ1v) is 6.95. The molecule has 1 aliphatic carbocycles. The number of carbonyl (C=O) groups is 1. The van der Waals surface area contributed by atoms with Gasteiger partial charge in [-0.2, -0.15) is 0 Å². The lowest BCUT2D eigenvalue weighted by atomic mass is 10.2. The van der Waals surface area contributed by atoms with Crippen LogP contribution in [-0.4, -0.2) is 16.9 Å². The summed E-state index contributed by atoms with van der Waals surface area (Å²) in [6.45, 7) is 2.39. The average molecular weight is 253 g/mol. The summed E-state index contributed by atoms with van der Waals surface area (Å²) >= 11 is 1.55. The fraction of sp³-hybridized carbons (Fsp3) is 0.667. The van der Waals surface area contributed by atoms with E-state index in [1.165, 1.54) is 12.8 Å². The standard InChI is InChI=1S/C12H19N3OS/c1-8-10(17-12(7-13)14-8)6-11(16)15-9-4-2-3-5-9/h9H,2-7,13H2,1H3,(H,15,16). The summed E-state index contributed by atoms with van der Waals surface area (Å²) in [5.41, 5.74) is 6.48. The van der Waals surface area contributed by atoms with Crippen molar-refractivity contribution in [3.8, 4) is 0 Å². The summed E-state index contributed by atoms with van der Waals surface area (Å²) in [7, 11) is 0. The van der Waals surface area contributed by atoms with E-state index in [4.69, 9.17) is 5.73 Å². The number of amides is 1. The lowest BCUT2D eigenvalue weighted by Gasteiger charge is -2.11. The molecule has 1 fully saturated rings. The predicted molar refractivity (Wildman–Crippen MR) is 68.8 cm³/mol. The molecule has 0 aliphatic heterocycles. The van der Waals surface area contributed by atoms with Gasteiger partial charge in [0.15, 0.2) is 0 Å². The van der Waals surface area contributed by atoms with E-state index in [2.05, 4.69) is 10.3 Å². The average Bonchev–Trinajstić information content (AvgIpc) is 2.89. The molecular formula is C12H19N3OS. The molecule has 1 aromatic heterocycles. The van der Waals surface area contributed by atoms with Gasteiger partial charge in [-0.05, 0) is 19.8 Å². The SMILES string of the molecule is Cc1nc(CN)sc1CC(=O)NC1CCCC1. The van der Waals surface area contributed by atoms with Crippen LogP contribution in [-0.2, 0) is 17.8 Å². The molecule has 4 nitrogen and oxygen atoms in total. The highest BCUT2D eigenvalue weighted by atomic mass is 32.1. The molecule has 1 amide bonds. The molecule has 1 aromatic rings. The topological polar surface area (TPSA) is 68.0 Å². The second-order valence-electron chi connectivity index (χ2n) is 4.55. The fourth-order valence-electron chi connectivity index (χ4n) is 2.23. The second-order valence-corrected chi connectivity index (χ2v) is 5.71. The number of carbonyl (C=O) groups excluding carboxylic acids is 1. The zero-order valence-electron chi connectivity index (χ0n) is 10.2. The smallest absolute Gasteiger partial charge is 0.225 e. The highest BCUT2D eigenvalue weighted by molar-refractivity contribution is 7.11. The van der Waals surface area contributed by atoms with E-state index in [0.717, 1.165) is 28.4 Å². The molecule has 2 rings (SSSR count). The van der Waals surface area contributed by atoms with Gasteiger partial charge in [0.25, 0.3) is 0 Å². The predicted octanol–water partition coefficient (Wildman–Crippen LogP) is 1.51. The Bertz CT molecular complexity index is 396. The van der Waals surface area contributed by atoms with E-state index in [0.29, 0.717) is 19.0 Å². The number of nitrogens with zero attached hydrogens (tertiary/aromatic N) is 1. The van der Waals surface area contributed by atoms with Gasteiger partial charge in [-0.15, -0.1) is 11.3 Å². The lowest BCUT2D eigenvalue weighted by Crippen LogP contribution is -2.33. The molecule has 0 unspecified atom stereocenters. The molecule has 17 heavy (non-hydrogen) atoms. The van der Waals surface area contributed by atoms with Crippen molar-refractivity contribution in [2.45, 2.75) is 51.6 Å². The summed E-state index contributed by atoms with van der Waals surface area (Å²) < 4.78 is 0. The number of nitrogens with two attached hydrogens (primary N) is 1. The van der Waals surface area contributed by atoms with Crippen LogP contribution in [0, 0.1) is 6.92 Å². The Labute approximate surface area is 106 Å². The van der Waals surface area contributed by atoms with Crippen molar-refractivity contribution in [1.82, 2.24) is 10.3 Å². The van der Waals surface area contributed by atoms with Gasteiger partial charge in [0.05, 0.1) is 12.1 Å². The number of nitrogens with one attached hydrogen (secondary N) is 1. The van der Waals surface area contributed by atoms with Gasteiger partial charge in [-0.3, -0.25) is 4.79 Å². The van der Waals surface area contributed by atoms with Gasteiger partial charge in [0.2, 0.25) is 5.91 Å². The van der Waals surface area contributed by atoms with E-state index in [1.807, 2.05) is 6.92 Å². The molecular weight excluding hydrogens is 234 g/mol. The van der Waals surface area contributed by atoms with Gasteiger partial charge in [0, 0.05) is 17.5 Å². The Morgan fingerprint density at radius 1 is 1.53 bits per heavy atom. The van der Waals surface area contributed by atoms with Crippen molar-refractivity contribution in [2.24, 2.45) is 5.73 Å². The molecule has 0 bridgehead atoms. The zero-order chi connectivity index (χ0) is 12.3. The Hall–Kier alpha value is -0.940. The van der Waals surface area contributed by atoms with Crippen molar-refractivity contribution in [3.63, 3.8) is 0 Å². The van der Waals surface area contributed by atoms with Crippen LogP contribution in [0.1, 0.15) is 41.3 Å². The van der Waals surface area contributed by atoms with E-state index >= 15 is 0 Å². The Morgan fingerprint density at radius 2 is 2.24 bits per heavy atom. The van der Waals surface area contributed by atoms with Crippen LogP contribution in [0.2, 0.25) is 0 Å².